The number of hydrogen-bond acceptors (Lipinski definition) is 2. The van der Waals surface area contributed by atoms with E-state index in [1.165, 1.54) is 32.0 Å². The van der Waals surface area contributed by atoms with Gasteiger partial charge in [-0.15, -0.1) is 24.0 Å². The van der Waals surface area contributed by atoms with Crippen LogP contribution in [0.15, 0.2) is 29.3 Å². The molecule has 0 bridgehead atoms. The first-order valence-corrected chi connectivity index (χ1v) is 8.66. The van der Waals surface area contributed by atoms with Crippen molar-refractivity contribution in [2.45, 2.75) is 38.6 Å². The molecule has 6 heteroatoms. The number of halogens is 2. The Balaban J connectivity index is 0.00000288. The van der Waals surface area contributed by atoms with Crippen molar-refractivity contribution in [3.05, 3.63) is 35.6 Å². The van der Waals surface area contributed by atoms with Crippen LogP contribution >= 0.6 is 24.0 Å². The molecule has 2 N–H and O–H groups in total. The molecule has 24 heavy (non-hydrogen) atoms. The lowest BCUT2D eigenvalue weighted by Crippen LogP contribution is -2.46. The fourth-order valence-electron chi connectivity index (χ4n) is 3.09. The molecule has 1 saturated heterocycles. The van der Waals surface area contributed by atoms with Crippen LogP contribution in [0.4, 0.5) is 4.39 Å². The molecule has 0 aromatic heterocycles. The summed E-state index contributed by atoms with van der Waals surface area (Å²) in [6, 6.07) is 7.32. The van der Waals surface area contributed by atoms with Crippen LogP contribution in [0.25, 0.3) is 0 Å². The number of nitrogens with zero attached hydrogens (tertiary/aromatic N) is 2. The zero-order valence-corrected chi connectivity index (χ0v) is 17.1. The topological polar surface area (TPSA) is 39.7 Å². The van der Waals surface area contributed by atoms with Crippen LogP contribution in [0.5, 0.6) is 0 Å². The summed E-state index contributed by atoms with van der Waals surface area (Å²) in [5.41, 5.74) is 0.997. The molecule has 1 atom stereocenters. The van der Waals surface area contributed by atoms with E-state index in [9.17, 15) is 4.39 Å². The summed E-state index contributed by atoms with van der Waals surface area (Å²) in [6.07, 6.45) is 4.56. The summed E-state index contributed by atoms with van der Waals surface area (Å²) in [5, 5.41) is 6.72. The van der Waals surface area contributed by atoms with Crippen molar-refractivity contribution in [1.29, 1.82) is 0 Å². The van der Waals surface area contributed by atoms with Gasteiger partial charge >= 0.3 is 0 Å². The average molecular weight is 448 g/mol. The molecule has 0 amide bonds. The summed E-state index contributed by atoms with van der Waals surface area (Å²) in [7, 11) is 1.79. The summed E-state index contributed by atoms with van der Waals surface area (Å²) in [4.78, 5) is 6.83. The SMILES string of the molecule is CCC(CNC(=NC)NCCc1cccc(F)c1)N1CCCC1.I. The van der Waals surface area contributed by atoms with Gasteiger partial charge in [0.1, 0.15) is 5.82 Å². The zero-order valence-electron chi connectivity index (χ0n) is 14.7. The Labute approximate surface area is 162 Å². The predicted octanol–water partition coefficient (Wildman–Crippen LogP) is 3.03. The van der Waals surface area contributed by atoms with Gasteiger partial charge in [-0.05, 0) is 56.5 Å². The minimum atomic E-state index is -0.179. The van der Waals surface area contributed by atoms with Crippen molar-refractivity contribution in [3.63, 3.8) is 0 Å². The van der Waals surface area contributed by atoms with E-state index in [0.717, 1.165) is 37.5 Å². The monoisotopic (exact) mass is 448 g/mol. The number of benzene rings is 1. The van der Waals surface area contributed by atoms with Crippen molar-refractivity contribution in [2.75, 3.05) is 33.2 Å². The quantitative estimate of drug-likeness (QED) is 0.383. The smallest absolute Gasteiger partial charge is 0.191 e. The average Bonchev–Trinajstić information content (AvgIpc) is 3.08. The van der Waals surface area contributed by atoms with Crippen LogP contribution in [0.1, 0.15) is 31.7 Å². The third kappa shape index (κ3) is 6.93. The Morgan fingerprint density at radius 3 is 2.67 bits per heavy atom. The summed E-state index contributed by atoms with van der Waals surface area (Å²) >= 11 is 0. The first-order chi connectivity index (χ1) is 11.2. The van der Waals surface area contributed by atoms with E-state index in [1.54, 1.807) is 19.2 Å². The molecule has 0 radical (unpaired) electrons. The number of rotatable bonds is 7. The number of hydrogen-bond donors (Lipinski definition) is 2. The van der Waals surface area contributed by atoms with E-state index in [1.807, 2.05) is 6.07 Å². The summed E-state index contributed by atoms with van der Waals surface area (Å²) in [5.74, 6) is 0.639. The highest BCUT2D eigenvalue weighted by Gasteiger charge is 2.20. The Morgan fingerprint density at radius 2 is 2.04 bits per heavy atom. The van der Waals surface area contributed by atoms with E-state index in [-0.39, 0.29) is 29.8 Å². The Bertz CT molecular complexity index is 504. The highest BCUT2D eigenvalue weighted by atomic mass is 127. The predicted molar refractivity (Wildman–Crippen MR) is 110 cm³/mol. The fourth-order valence-corrected chi connectivity index (χ4v) is 3.09. The number of nitrogens with one attached hydrogen (secondary N) is 2. The van der Waals surface area contributed by atoms with E-state index in [2.05, 4.69) is 27.4 Å². The van der Waals surface area contributed by atoms with Gasteiger partial charge in [-0.2, -0.15) is 0 Å². The minimum Gasteiger partial charge on any atom is -0.356 e. The van der Waals surface area contributed by atoms with Crippen LogP contribution in [-0.2, 0) is 6.42 Å². The van der Waals surface area contributed by atoms with Gasteiger partial charge < -0.3 is 10.6 Å². The molecular weight excluding hydrogens is 418 g/mol. The number of guanidine groups is 1. The van der Waals surface area contributed by atoms with Gasteiger partial charge in [0.15, 0.2) is 5.96 Å². The molecule has 0 aliphatic carbocycles. The van der Waals surface area contributed by atoms with Gasteiger partial charge in [0.05, 0.1) is 0 Å². The Kier molecular flexibility index (Phi) is 10.2. The van der Waals surface area contributed by atoms with Gasteiger partial charge in [-0.1, -0.05) is 19.1 Å². The van der Waals surface area contributed by atoms with Crippen LogP contribution in [-0.4, -0.2) is 50.1 Å². The van der Waals surface area contributed by atoms with E-state index in [4.69, 9.17) is 0 Å². The van der Waals surface area contributed by atoms with Crippen molar-refractivity contribution >= 4 is 29.9 Å². The maximum Gasteiger partial charge on any atom is 0.191 e. The van der Waals surface area contributed by atoms with Gasteiger partial charge in [0.2, 0.25) is 0 Å². The van der Waals surface area contributed by atoms with E-state index in [0.29, 0.717) is 6.04 Å². The van der Waals surface area contributed by atoms with Crippen molar-refractivity contribution < 1.29 is 4.39 Å². The Hall–Kier alpha value is -0.890. The van der Waals surface area contributed by atoms with Crippen LogP contribution in [0, 0.1) is 5.82 Å². The van der Waals surface area contributed by atoms with Gasteiger partial charge in [-0.3, -0.25) is 9.89 Å². The van der Waals surface area contributed by atoms with Crippen molar-refractivity contribution in [1.82, 2.24) is 15.5 Å². The lowest BCUT2D eigenvalue weighted by atomic mass is 10.1. The second kappa shape index (κ2) is 11.6. The first-order valence-electron chi connectivity index (χ1n) is 8.66. The van der Waals surface area contributed by atoms with Gasteiger partial charge in [-0.25, -0.2) is 4.39 Å². The standard InChI is InChI=1S/C18H29FN4.HI/c1-3-17(23-11-4-5-12-23)14-22-18(20-2)21-10-9-15-7-6-8-16(19)13-15;/h6-8,13,17H,3-5,9-12,14H2,1-2H3,(H2,20,21,22);1H. The molecule has 1 aromatic carbocycles. The lowest BCUT2D eigenvalue weighted by molar-refractivity contribution is 0.236. The Morgan fingerprint density at radius 1 is 1.29 bits per heavy atom. The minimum absolute atomic E-state index is 0. The molecule has 1 aliphatic rings. The van der Waals surface area contributed by atoms with Crippen molar-refractivity contribution in [2.24, 2.45) is 4.99 Å². The number of aliphatic imine (C=N–C) groups is 1. The molecule has 1 heterocycles. The lowest BCUT2D eigenvalue weighted by Gasteiger charge is -2.27. The molecule has 1 aromatic rings. The molecule has 0 saturated carbocycles. The van der Waals surface area contributed by atoms with Gasteiger partial charge in [0.25, 0.3) is 0 Å². The fraction of sp³-hybridized carbons (Fsp3) is 0.611. The number of likely N-dealkylation sites (tertiary alicyclic amines) is 1. The molecule has 1 aliphatic heterocycles. The molecule has 136 valence electrons. The largest absolute Gasteiger partial charge is 0.356 e. The summed E-state index contributed by atoms with van der Waals surface area (Å²) in [6.45, 7) is 6.32. The maximum absolute atomic E-state index is 13.2. The molecule has 1 unspecified atom stereocenters. The van der Waals surface area contributed by atoms with Crippen LogP contribution in [0.2, 0.25) is 0 Å². The third-order valence-electron chi connectivity index (χ3n) is 4.45. The second-order valence-electron chi connectivity index (χ2n) is 6.06. The molecular formula is C18H30FIN4. The normalized spacial score (nSPS) is 16.5. The highest BCUT2D eigenvalue weighted by molar-refractivity contribution is 14.0. The zero-order chi connectivity index (χ0) is 16.5. The molecule has 0 spiro atoms. The third-order valence-corrected chi connectivity index (χ3v) is 4.45. The highest BCUT2D eigenvalue weighted by Crippen LogP contribution is 2.13. The maximum atomic E-state index is 13.2. The van der Waals surface area contributed by atoms with Crippen LogP contribution < -0.4 is 10.6 Å². The van der Waals surface area contributed by atoms with E-state index >= 15 is 0 Å². The van der Waals surface area contributed by atoms with E-state index < -0.39 is 0 Å². The molecule has 4 nitrogen and oxygen atoms in total. The van der Waals surface area contributed by atoms with Crippen molar-refractivity contribution in [3.8, 4) is 0 Å². The molecule has 2 rings (SSSR count). The van der Waals surface area contributed by atoms with Crippen LogP contribution in [0.3, 0.4) is 0 Å². The first kappa shape index (κ1) is 21.2. The van der Waals surface area contributed by atoms with Gasteiger partial charge in [0, 0.05) is 26.2 Å². The second-order valence-corrected chi connectivity index (χ2v) is 6.06. The molecule has 1 fully saturated rings. The summed E-state index contributed by atoms with van der Waals surface area (Å²) < 4.78 is 13.2.